The van der Waals surface area contributed by atoms with Crippen LogP contribution in [0.25, 0.3) is 11.2 Å². The minimum atomic E-state index is 0.116. The Labute approximate surface area is 229 Å². The van der Waals surface area contributed by atoms with E-state index in [1.165, 1.54) is 5.56 Å². The molecule has 1 saturated heterocycles. The zero-order valence-corrected chi connectivity index (χ0v) is 24.2. The summed E-state index contributed by atoms with van der Waals surface area (Å²) in [6.45, 7) is 8.95. The first-order valence-corrected chi connectivity index (χ1v) is 14.6. The number of pyridine rings is 1. The number of hydrogen-bond donors (Lipinski definition) is 2. The van der Waals surface area contributed by atoms with Gasteiger partial charge in [-0.3, -0.25) is 9.80 Å². The number of piperazine rings is 1. The summed E-state index contributed by atoms with van der Waals surface area (Å²) in [6, 6.07) is 15.0. The van der Waals surface area contributed by atoms with Crippen LogP contribution in [0.15, 0.2) is 42.6 Å². The lowest BCUT2D eigenvalue weighted by Gasteiger charge is -2.46. The van der Waals surface area contributed by atoms with Crippen LogP contribution in [-0.2, 0) is 12.6 Å². The molecule has 38 heavy (non-hydrogen) atoms. The third-order valence-corrected chi connectivity index (χ3v) is 8.98. The number of benzene rings is 1. The normalized spacial score (nSPS) is 27.6. The molecule has 0 radical (unpaired) electrons. The Kier molecular flexibility index (Phi) is 8.08. The van der Waals surface area contributed by atoms with Gasteiger partial charge in [-0.15, -0.1) is 0 Å². The number of rotatable bonds is 8. The molecule has 1 aromatic carbocycles. The van der Waals surface area contributed by atoms with Crippen LogP contribution in [0.3, 0.4) is 0 Å². The van der Waals surface area contributed by atoms with Crippen molar-refractivity contribution in [3.8, 4) is 0 Å². The first-order chi connectivity index (χ1) is 18.3. The molecule has 1 unspecified atom stereocenters. The second-order valence-electron chi connectivity index (χ2n) is 12.0. The molecule has 0 amide bonds. The van der Waals surface area contributed by atoms with Gasteiger partial charge in [-0.1, -0.05) is 43.7 Å². The van der Waals surface area contributed by atoms with Gasteiger partial charge < -0.3 is 15.2 Å². The summed E-state index contributed by atoms with van der Waals surface area (Å²) in [5.41, 5.74) is 4.60. The smallest absolute Gasteiger partial charge is 0.159 e. The summed E-state index contributed by atoms with van der Waals surface area (Å²) in [5.74, 6) is 1.14. The van der Waals surface area contributed by atoms with Gasteiger partial charge in [-0.05, 0) is 71.7 Å². The Hall–Kier alpha value is -2.48. The van der Waals surface area contributed by atoms with Crippen molar-refractivity contribution in [2.75, 3.05) is 32.5 Å². The van der Waals surface area contributed by atoms with E-state index in [1.54, 1.807) is 0 Å². The number of aryl methyl sites for hydroxylation is 1. The largest absolute Gasteiger partial charge is 0.381 e. The van der Waals surface area contributed by atoms with Crippen LogP contribution >= 0.6 is 0 Å². The summed E-state index contributed by atoms with van der Waals surface area (Å²) in [7, 11) is 6.59. The topological polar surface area (TPSA) is 61.3 Å². The van der Waals surface area contributed by atoms with Gasteiger partial charge in [-0.25, -0.2) is 9.97 Å². The highest BCUT2D eigenvalue weighted by Crippen LogP contribution is 2.41. The molecule has 0 spiro atoms. The maximum Gasteiger partial charge on any atom is 0.159 e. The number of hydrogen-bond acceptors (Lipinski definition) is 6. The van der Waals surface area contributed by atoms with Gasteiger partial charge in [0.15, 0.2) is 5.65 Å². The Bertz CT molecular complexity index is 1190. The van der Waals surface area contributed by atoms with E-state index in [4.69, 9.17) is 9.97 Å². The fourth-order valence-corrected chi connectivity index (χ4v) is 7.06. The molecule has 0 bridgehead atoms. The van der Waals surface area contributed by atoms with E-state index in [-0.39, 0.29) is 5.54 Å². The van der Waals surface area contributed by atoms with Crippen LogP contribution in [0.4, 0.5) is 5.69 Å². The highest BCUT2D eigenvalue weighted by Gasteiger charge is 2.38. The third kappa shape index (κ3) is 5.33. The van der Waals surface area contributed by atoms with Gasteiger partial charge in [0.1, 0.15) is 11.3 Å². The summed E-state index contributed by atoms with van der Waals surface area (Å²) < 4.78 is 2.22. The number of aromatic nitrogens is 3. The van der Waals surface area contributed by atoms with Crippen molar-refractivity contribution < 1.29 is 0 Å². The average Bonchev–Trinajstić information content (AvgIpc) is 3.22. The average molecular weight is 518 g/mol. The van der Waals surface area contributed by atoms with Gasteiger partial charge >= 0.3 is 0 Å². The Morgan fingerprint density at radius 2 is 1.79 bits per heavy atom. The van der Waals surface area contributed by atoms with Crippen LogP contribution in [0.2, 0.25) is 0 Å². The van der Waals surface area contributed by atoms with Crippen molar-refractivity contribution in [3.05, 3.63) is 54.0 Å². The molecule has 2 aromatic heterocycles. The van der Waals surface area contributed by atoms with Crippen molar-refractivity contribution >= 4 is 16.9 Å². The third-order valence-electron chi connectivity index (χ3n) is 8.98. The predicted octanol–water partition coefficient (Wildman–Crippen LogP) is 5.30. The Morgan fingerprint density at radius 1 is 1.11 bits per heavy atom. The van der Waals surface area contributed by atoms with Crippen LogP contribution in [0.1, 0.15) is 76.7 Å². The van der Waals surface area contributed by atoms with Gasteiger partial charge in [0.05, 0.1) is 17.9 Å². The van der Waals surface area contributed by atoms with E-state index in [1.807, 2.05) is 6.20 Å². The van der Waals surface area contributed by atoms with E-state index < -0.39 is 0 Å². The molecule has 2 N–H and O–H groups in total. The molecule has 3 aromatic rings. The number of nitrogens with one attached hydrogen (secondary N) is 2. The molecular weight excluding hydrogens is 470 g/mol. The van der Waals surface area contributed by atoms with Crippen molar-refractivity contribution in [1.82, 2.24) is 29.7 Å². The highest BCUT2D eigenvalue weighted by atomic mass is 15.3. The van der Waals surface area contributed by atoms with E-state index >= 15 is 0 Å². The second kappa shape index (κ2) is 11.3. The monoisotopic (exact) mass is 517 g/mol. The van der Waals surface area contributed by atoms with Crippen molar-refractivity contribution in [1.29, 1.82) is 0 Å². The molecular formula is C31H47N7. The minimum Gasteiger partial charge on any atom is -0.381 e. The molecule has 1 saturated carbocycles. The van der Waals surface area contributed by atoms with Crippen molar-refractivity contribution in [2.24, 2.45) is 7.05 Å². The zero-order chi connectivity index (χ0) is 26.9. The molecule has 7 nitrogen and oxygen atoms in total. The lowest BCUT2D eigenvalue weighted by molar-refractivity contribution is 0.0945. The first kappa shape index (κ1) is 27.1. The summed E-state index contributed by atoms with van der Waals surface area (Å²) in [4.78, 5) is 15.1. The number of anilines is 1. The molecule has 3 atom stereocenters. The van der Waals surface area contributed by atoms with E-state index in [9.17, 15) is 0 Å². The van der Waals surface area contributed by atoms with E-state index in [0.717, 1.165) is 74.3 Å². The quantitative estimate of drug-likeness (QED) is 0.423. The summed E-state index contributed by atoms with van der Waals surface area (Å²) >= 11 is 0. The van der Waals surface area contributed by atoms with Crippen LogP contribution in [-0.4, -0.2) is 69.6 Å². The van der Waals surface area contributed by atoms with Gasteiger partial charge in [0.2, 0.25) is 0 Å². The van der Waals surface area contributed by atoms with Gasteiger partial charge in [-0.2, -0.15) is 0 Å². The standard InChI is InChI=1S/C31H47N7/c1-7-11-28(38-20-22(2)33-23(3)21-38)30-35-27-18-26(19-32-29(27)37(30)6)34-25-14-16-31(17-15-25,36(4)5)24-12-9-8-10-13-24/h8-10,12-13,18-19,22-23,25,28,33-34H,7,11,14-17,20-21H2,1-6H3/t22-,23+,25?,28?,31?. The Balaban J connectivity index is 1.32. The van der Waals surface area contributed by atoms with Gasteiger partial charge in [0.25, 0.3) is 0 Å². The summed E-state index contributed by atoms with van der Waals surface area (Å²) in [6.07, 6.45) is 8.81. The number of fused-ring (bicyclic) bond motifs is 1. The number of imidazole rings is 1. The molecule has 2 aliphatic rings. The fraction of sp³-hybridized carbons (Fsp3) is 0.613. The molecule has 5 rings (SSSR count). The lowest BCUT2D eigenvalue weighted by Crippen LogP contribution is -2.55. The van der Waals surface area contributed by atoms with E-state index in [2.05, 4.69) is 103 Å². The first-order valence-electron chi connectivity index (χ1n) is 14.6. The number of nitrogens with zero attached hydrogens (tertiary/aromatic N) is 5. The van der Waals surface area contributed by atoms with Crippen LogP contribution < -0.4 is 10.6 Å². The fourth-order valence-electron chi connectivity index (χ4n) is 7.06. The summed E-state index contributed by atoms with van der Waals surface area (Å²) in [5, 5.41) is 7.48. The second-order valence-corrected chi connectivity index (χ2v) is 12.0. The highest BCUT2D eigenvalue weighted by molar-refractivity contribution is 5.75. The molecule has 2 fully saturated rings. The maximum absolute atomic E-state index is 5.19. The van der Waals surface area contributed by atoms with Crippen molar-refractivity contribution in [3.63, 3.8) is 0 Å². The van der Waals surface area contributed by atoms with Crippen molar-refractivity contribution in [2.45, 2.75) is 89.0 Å². The molecule has 7 heteroatoms. The lowest BCUT2D eigenvalue weighted by atomic mass is 9.74. The van der Waals surface area contributed by atoms with E-state index in [0.29, 0.717) is 24.2 Å². The zero-order valence-electron chi connectivity index (χ0n) is 24.2. The van der Waals surface area contributed by atoms with Crippen LogP contribution in [0.5, 0.6) is 0 Å². The SMILES string of the molecule is CCCC(c1nc2cc(NC3CCC(c4ccccc4)(N(C)C)CC3)cnc2n1C)N1C[C@@H](C)N[C@@H](C)C1. The maximum atomic E-state index is 5.19. The molecule has 1 aliphatic heterocycles. The molecule has 1 aliphatic carbocycles. The van der Waals surface area contributed by atoms with Crippen LogP contribution in [0, 0.1) is 0 Å². The Morgan fingerprint density at radius 3 is 2.42 bits per heavy atom. The minimum absolute atomic E-state index is 0.116. The molecule has 3 heterocycles. The predicted molar refractivity (Wildman–Crippen MR) is 157 cm³/mol. The molecule has 206 valence electrons. The van der Waals surface area contributed by atoms with Gasteiger partial charge in [0, 0.05) is 43.8 Å².